The van der Waals surface area contributed by atoms with Crippen molar-refractivity contribution >= 4 is 23.8 Å². The second-order valence-corrected chi connectivity index (χ2v) is 8.83. The number of phenolic OH excluding ortho intramolecular Hbond substituents is 1. The van der Waals surface area contributed by atoms with Crippen LogP contribution in [0, 0.1) is 0 Å². The lowest BCUT2D eigenvalue weighted by atomic mass is 10.1. The molecule has 0 aliphatic carbocycles. The molecule has 1 aromatic heterocycles. The van der Waals surface area contributed by atoms with Crippen molar-refractivity contribution in [2.24, 2.45) is 16.5 Å². The molecule has 0 saturated carbocycles. The standard InChI is InChI=1S/C26H39N7O4/c27-25(23-24(26(28)37)31-15-14-30-23)32-13-9-7-5-3-1-2-4-6-8-12-29-17-22(36)19-10-11-21(35)20(16-19)33-18-34/h10-11,14-16,18,22,29,35-36H,1-9,12-13,17H2,(H2,27,32)(H2,28,37)(H,33,34). The number of rotatable bonds is 19. The van der Waals surface area contributed by atoms with E-state index in [1.54, 1.807) is 12.1 Å². The molecule has 2 aromatic rings. The van der Waals surface area contributed by atoms with Crippen LogP contribution in [0.1, 0.15) is 85.6 Å². The monoisotopic (exact) mass is 513 g/mol. The summed E-state index contributed by atoms with van der Waals surface area (Å²) in [6.07, 6.45) is 12.7. The van der Waals surface area contributed by atoms with Gasteiger partial charge in [-0.25, -0.2) is 9.97 Å². The third kappa shape index (κ3) is 10.9. The molecule has 0 radical (unpaired) electrons. The highest BCUT2D eigenvalue weighted by molar-refractivity contribution is 6.05. The number of phenols is 1. The average molecular weight is 514 g/mol. The Hall–Kier alpha value is -3.57. The number of aliphatic hydroxyl groups excluding tert-OH is 1. The smallest absolute Gasteiger partial charge is 0.269 e. The van der Waals surface area contributed by atoms with E-state index in [4.69, 9.17) is 11.5 Å². The summed E-state index contributed by atoms with van der Waals surface area (Å²) in [5, 5.41) is 25.6. The van der Waals surface area contributed by atoms with Crippen molar-refractivity contribution < 1.29 is 19.8 Å². The predicted octanol–water partition coefficient (Wildman–Crippen LogP) is 2.39. The van der Waals surface area contributed by atoms with E-state index in [0.29, 0.717) is 25.1 Å². The summed E-state index contributed by atoms with van der Waals surface area (Å²) in [7, 11) is 0. The summed E-state index contributed by atoms with van der Waals surface area (Å²) in [5.74, 6) is -0.523. The van der Waals surface area contributed by atoms with Crippen LogP contribution >= 0.6 is 0 Å². The molecule has 202 valence electrons. The molecule has 2 rings (SSSR count). The second-order valence-electron chi connectivity index (χ2n) is 8.83. The summed E-state index contributed by atoms with van der Waals surface area (Å²) in [6, 6.07) is 4.67. The number of primary amides is 1. The number of aliphatic imine (C=N–C) groups is 1. The van der Waals surface area contributed by atoms with E-state index in [-0.39, 0.29) is 28.7 Å². The molecule has 1 aromatic carbocycles. The van der Waals surface area contributed by atoms with Crippen LogP contribution < -0.4 is 22.1 Å². The Labute approximate surface area is 217 Å². The van der Waals surface area contributed by atoms with Gasteiger partial charge in [0.2, 0.25) is 6.41 Å². The molecule has 11 heteroatoms. The Balaban J connectivity index is 1.46. The van der Waals surface area contributed by atoms with Gasteiger partial charge in [-0.3, -0.25) is 14.6 Å². The first kappa shape index (κ1) is 29.7. The fraction of sp³-hybridized carbons (Fsp3) is 0.500. The Morgan fingerprint density at radius 2 is 1.59 bits per heavy atom. The van der Waals surface area contributed by atoms with Gasteiger partial charge in [0.25, 0.3) is 5.91 Å². The number of aromatic nitrogens is 2. The highest BCUT2D eigenvalue weighted by Crippen LogP contribution is 2.26. The minimum atomic E-state index is -0.713. The molecule has 1 unspecified atom stereocenters. The number of hydrogen-bond donors (Lipinski definition) is 6. The van der Waals surface area contributed by atoms with Crippen LogP contribution in [0.2, 0.25) is 0 Å². The summed E-state index contributed by atoms with van der Waals surface area (Å²) in [4.78, 5) is 34.3. The van der Waals surface area contributed by atoms with E-state index in [0.717, 1.165) is 38.6 Å². The van der Waals surface area contributed by atoms with Gasteiger partial charge in [0.05, 0.1) is 11.8 Å². The summed E-state index contributed by atoms with van der Waals surface area (Å²) >= 11 is 0. The Kier molecular flexibility index (Phi) is 13.6. The van der Waals surface area contributed by atoms with Crippen molar-refractivity contribution in [2.75, 3.05) is 25.0 Å². The van der Waals surface area contributed by atoms with E-state index in [1.165, 1.54) is 44.1 Å². The van der Waals surface area contributed by atoms with E-state index in [9.17, 15) is 19.8 Å². The maximum atomic E-state index is 11.4. The summed E-state index contributed by atoms with van der Waals surface area (Å²) < 4.78 is 0. The van der Waals surface area contributed by atoms with Crippen molar-refractivity contribution in [2.45, 2.75) is 63.9 Å². The molecule has 1 atom stereocenters. The van der Waals surface area contributed by atoms with Crippen molar-refractivity contribution in [3.8, 4) is 5.75 Å². The van der Waals surface area contributed by atoms with Gasteiger partial charge < -0.3 is 32.3 Å². The van der Waals surface area contributed by atoms with Crippen LogP contribution in [0.15, 0.2) is 35.6 Å². The lowest BCUT2D eigenvalue weighted by Crippen LogP contribution is -2.24. The summed E-state index contributed by atoms with van der Waals surface area (Å²) in [6.45, 7) is 1.81. The quantitative estimate of drug-likeness (QED) is 0.0542. The van der Waals surface area contributed by atoms with E-state index in [1.807, 2.05) is 0 Å². The third-order valence-corrected chi connectivity index (χ3v) is 5.93. The molecule has 2 amide bonds. The normalized spacial score (nSPS) is 12.3. The zero-order valence-electron chi connectivity index (χ0n) is 21.2. The van der Waals surface area contributed by atoms with Crippen LogP contribution in [0.3, 0.4) is 0 Å². The first-order valence-electron chi connectivity index (χ1n) is 12.8. The molecule has 11 nitrogen and oxygen atoms in total. The molecule has 1 heterocycles. The highest BCUT2D eigenvalue weighted by Gasteiger charge is 2.13. The molecule has 0 bridgehead atoms. The van der Waals surface area contributed by atoms with Crippen molar-refractivity contribution in [3.63, 3.8) is 0 Å². The van der Waals surface area contributed by atoms with Gasteiger partial charge in [0.15, 0.2) is 5.69 Å². The fourth-order valence-corrected chi connectivity index (χ4v) is 3.88. The minimum absolute atomic E-state index is 0.0358. The topological polar surface area (TPSA) is 189 Å². The van der Waals surface area contributed by atoms with Gasteiger partial charge in [-0.15, -0.1) is 0 Å². The predicted molar refractivity (Wildman–Crippen MR) is 143 cm³/mol. The Morgan fingerprint density at radius 3 is 2.24 bits per heavy atom. The molecular formula is C26H39N7O4. The number of nitrogens with two attached hydrogens (primary N) is 2. The zero-order valence-corrected chi connectivity index (χ0v) is 21.2. The number of unbranched alkanes of at least 4 members (excludes halogenated alkanes) is 8. The first-order valence-corrected chi connectivity index (χ1v) is 12.8. The van der Waals surface area contributed by atoms with Crippen LogP contribution in [0.4, 0.5) is 5.69 Å². The number of aliphatic hydroxyl groups is 1. The van der Waals surface area contributed by atoms with Gasteiger partial charge in [0.1, 0.15) is 17.3 Å². The largest absolute Gasteiger partial charge is 0.506 e. The number of benzene rings is 1. The van der Waals surface area contributed by atoms with Crippen LogP contribution in [0.25, 0.3) is 0 Å². The van der Waals surface area contributed by atoms with Crippen LogP contribution in [-0.4, -0.2) is 58.0 Å². The van der Waals surface area contributed by atoms with Crippen LogP contribution in [0.5, 0.6) is 5.75 Å². The Bertz CT molecular complexity index is 1020. The van der Waals surface area contributed by atoms with Gasteiger partial charge in [0, 0.05) is 25.5 Å². The van der Waals surface area contributed by atoms with Gasteiger partial charge >= 0.3 is 0 Å². The fourth-order valence-electron chi connectivity index (χ4n) is 3.88. The van der Waals surface area contributed by atoms with Crippen LogP contribution in [-0.2, 0) is 4.79 Å². The molecule has 0 aliphatic heterocycles. The van der Waals surface area contributed by atoms with Gasteiger partial charge in [-0.2, -0.15) is 0 Å². The van der Waals surface area contributed by atoms with Crippen molar-refractivity contribution in [3.05, 3.63) is 47.5 Å². The van der Waals surface area contributed by atoms with E-state index in [2.05, 4.69) is 25.6 Å². The molecule has 8 N–H and O–H groups in total. The van der Waals surface area contributed by atoms with Gasteiger partial charge in [-0.1, -0.05) is 51.0 Å². The third-order valence-electron chi connectivity index (χ3n) is 5.93. The molecule has 0 aliphatic rings. The molecule has 0 fully saturated rings. The molecule has 0 saturated heterocycles. The zero-order chi connectivity index (χ0) is 26.9. The molecule has 0 spiro atoms. The van der Waals surface area contributed by atoms with Crippen molar-refractivity contribution in [1.29, 1.82) is 0 Å². The highest BCUT2D eigenvalue weighted by atomic mass is 16.3. The number of nitrogens with zero attached hydrogens (tertiary/aromatic N) is 3. The number of hydrogen-bond acceptors (Lipinski definition) is 8. The number of amidine groups is 1. The number of anilines is 1. The second kappa shape index (κ2) is 17.0. The molecular weight excluding hydrogens is 474 g/mol. The molecule has 37 heavy (non-hydrogen) atoms. The number of aromatic hydroxyl groups is 1. The number of carbonyl (C=O) groups is 2. The summed E-state index contributed by atoms with van der Waals surface area (Å²) in [5.41, 5.74) is 12.4. The Morgan fingerprint density at radius 1 is 0.973 bits per heavy atom. The van der Waals surface area contributed by atoms with Crippen molar-refractivity contribution in [1.82, 2.24) is 15.3 Å². The minimum Gasteiger partial charge on any atom is -0.506 e. The lowest BCUT2D eigenvalue weighted by Gasteiger charge is -2.14. The number of nitrogens with one attached hydrogen (secondary N) is 2. The first-order chi connectivity index (χ1) is 17.9. The number of amides is 2. The van der Waals surface area contributed by atoms with E-state index >= 15 is 0 Å². The van der Waals surface area contributed by atoms with Gasteiger partial charge in [-0.05, 0) is 37.1 Å². The lowest BCUT2D eigenvalue weighted by molar-refractivity contribution is -0.105. The van der Waals surface area contributed by atoms with E-state index < -0.39 is 12.0 Å². The SMILES string of the molecule is NC(=O)c1nccnc1C(N)=NCCCCCCCCCCCNCC(O)c1ccc(O)c(NC=O)c1. The number of carbonyl (C=O) groups excluding carboxylic acids is 2. The maximum Gasteiger partial charge on any atom is 0.269 e. The average Bonchev–Trinajstić information content (AvgIpc) is 2.89. The maximum absolute atomic E-state index is 11.4.